The number of amides is 1. The number of ether oxygens (including phenoxy) is 1. The lowest BCUT2D eigenvalue weighted by atomic mass is 10.1. The zero-order chi connectivity index (χ0) is 14.4. The van der Waals surface area contributed by atoms with Gasteiger partial charge in [0.2, 0.25) is 0 Å². The van der Waals surface area contributed by atoms with Crippen LogP contribution in [0.2, 0.25) is 0 Å². The molecule has 5 heteroatoms. The topological polar surface area (TPSA) is 70.6 Å². The molecular weight excluding hydrogens is 256 g/mol. The molecule has 1 aliphatic rings. The summed E-state index contributed by atoms with van der Waals surface area (Å²) in [4.78, 5) is 11.3. The van der Waals surface area contributed by atoms with Crippen LogP contribution in [0.25, 0.3) is 0 Å². The van der Waals surface area contributed by atoms with Gasteiger partial charge in [-0.15, -0.1) is 0 Å². The minimum atomic E-state index is -0.111. The third-order valence-corrected chi connectivity index (χ3v) is 3.37. The van der Waals surface area contributed by atoms with E-state index in [9.17, 15) is 4.79 Å². The van der Waals surface area contributed by atoms with Crippen molar-refractivity contribution in [2.24, 2.45) is 5.92 Å². The van der Waals surface area contributed by atoms with Crippen molar-refractivity contribution in [3.05, 3.63) is 23.8 Å². The van der Waals surface area contributed by atoms with Gasteiger partial charge in [-0.3, -0.25) is 4.79 Å². The highest BCUT2D eigenvalue weighted by Crippen LogP contribution is 2.28. The molecule has 110 valence electrons. The molecule has 3 N–H and O–H groups in total. The van der Waals surface area contributed by atoms with Crippen molar-refractivity contribution < 1.29 is 14.6 Å². The van der Waals surface area contributed by atoms with E-state index in [2.05, 4.69) is 10.6 Å². The molecule has 2 rings (SSSR count). The number of hydrogen-bond acceptors (Lipinski definition) is 4. The van der Waals surface area contributed by atoms with Crippen molar-refractivity contribution >= 4 is 11.6 Å². The molecule has 0 saturated heterocycles. The summed E-state index contributed by atoms with van der Waals surface area (Å²) in [6.07, 6.45) is 2.07. The van der Waals surface area contributed by atoms with Gasteiger partial charge in [0.1, 0.15) is 5.75 Å². The fourth-order valence-corrected chi connectivity index (χ4v) is 2.14. The van der Waals surface area contributed by atoms with Gasteiger partial charge in [-0.1, -0.05) is 13.0 Å². The summed E-state index contributed by atoms with van der Waals surface area (Å²) in [5.74, 6) is 0.985. The SMILES string of the molecule is CC(CO)CCCNCc1ccc2c(c1)NC(=O)CO2. The number of carbonyl (C=O) groups excluding carboxylic acids is 1. The maximum absolute atomic E-state index is 11.3. The molecule has 1 atom stereocenters. The first-order valence-electron chi connectivity index (χ1n) is 7.06. The Labute approximate surface area is 119 Å². The Hall–Kier alpha value is -1.59. The molecule has 0 bridgehead atoms. The first-order chi connectivity index (χ1) is 9.69. The smallest absolute Gasteiger partial charge is 0.262 e. The fourth-order valence-electron chi connectivity index (χ4n) is 2.14. The number of nitrogens with one attached hydrogen (secondary N) is 2. The van der Waals surface area contributed by atoms with Crippen LogP contribution < -0.4 is 15.4 Å². The molecule has 1 aliphatic heterocycles. The van der Waals surface area contributed by atoms with Crippen LogP contribution in [0, 0.1) is 5.92 Å². The van der Waals surface area contributed by atoms with Gasteiger partial charge in [-0.05, 0) is 43.0 Å². The molecule has 5 nitrogen and oxygen atoms in total. The van der Waals surface area contributed by atoms with Crippen molar-refractivity contribution in [2.75, 3.05) is 25.1 Å². The monoisotopic (exact) mass is 278 g/mol. The maximum atomic E-state index is 11.3. The number of aliphatic hydroxyl groups is 1. The van der Waals surface area contributed by atoms with Crippen molar-refractivity contribution in [3.8, 4) is 5.75 Å². The third-order valence-electron chi connectivity index (χ3n) is 3.37. The Morgan fingerprint density at radius 2 is 2.35 bits per heavy atom. The lowest BCUT2D eigenvalue weighted by Gasteiger charge is -2.18. The number of anilines is 1. The quantitative estimate of drug-likeness (QED) is 0.661. The summed E-state index contributed by atoms with van der Waals surface area (Å²) in [7, 11) is 0. The van der Waals surface area contributed by atoms with Crippen LogP contribution in [-0.4, -0.2) is 30.8 Å². The second-order valence-electron chi connectivity index (χ2n) is 5.27. The number of hydrogen-bond donors (Lipinski definition) is 3. The summed E-state index contributed by atoms with van der Waals surface area (Å²) in [5.41, 5.74) is 1.86. The van der Waals surface area contributed by atoms with Crippen LogP contribution in [0.5, 0.6) is 5.75 Å². The van der Waals surface area contributed by atoms with Gasteiger partial charge in [0.15, 0.2) is 6.61 Å². The molecule has 1 aromatic rings. The Kier molecular flexibility index (Phi) is 5.38. The van der Waals surface area contributed by atoms with Crippen LogP contribution in [0.15, 0.2) is 18.2 Å². The van der Waals surface area contributed by atoms with Crippen LogP contribution in [0.4, 0.5) is 5.69 Å². The first-order valence-corrected chi connectivity index (χ1v) is 7.06. The number of fused-ring (bicyclic) bond motifs is 1. The molecule has 1 aromatic carbocycles. The average Bonchev–Trinajstić information content (AvgIpc) is 2.46. The highest BCUT2D eigenvalue weighted by molar-refractivity contribution is 5.95. The minimum absolute atomic E-state index is 0.0909. The lowest BCUT2D eigenvalue weighted by molar-refractivity contribution is -0.118. The summed E-state index contributed by atoms with van der Waals surface area (Å²) in [6.45, 7) is 4.07. The second-order valence-corrected chi connectivity index (χ2v) is 5.27. The normalized spacial score (nSPS) is 15.2. The molecule has 0 aliphatic carbocycles. The Bertz CT molecular complexity index is 462. The van der Waals surface area contributed by atoms with Gasteiger partial charge >= 0.3 is 0 Å². The van der Waals surface area contributed by atoms with Gasteiger partial charge in [0, 0.05) is 13.2 Å². The maximum Gasteiger partial charge on any atom is 0.262 e. The van der Waals surface area contributed by atoms with Crippen molar-refractivity contribution in [2.45, 2.75) is 26.3 Å². The van der Waals surface area contributed by atoms with E-state index in [0.29, 0.717) is 5.92 Å². The van der Waals surface area contributed by atoms with E-state index in [1.165, 1.54) is 0 Å². The van der Waals surface area contributed by atoms with E-state index in [0.717, 1.165) is 42.9 Å². The summed E-state index contributed by atoms with van der Waals surface area (Å²) < 4.78 is 5.32. The lowest BCUT2D eigenvalue weighted by Crippen LogP contribution is -2.25. The summed E-state index contributed by atoms with van der Waals surface area (Å²) in [6, 6.07) is 5.83. The van der Waals surface area contributed by atoms with Gasteiger partial charge in [-0.25, -0.2) is 0 Å². The van der Waals surface area contributed by atoms with E-state index in [-0.39, 0.29) is 19.1 Å². The van der Waals surface area contributed by atoms with Crippen LogP contribution in [-0.2, 0) is 11.3 Å². The van der Waals surface area contributed by atoms with E-state index >= 15 is 0 Å². The predicted molar refractivity (Wildman–Crippen MR) is 77.8 cm³/mol. The van der Waals surface area contributed by atoms with Crippen LogP contribution >= 0.6 is 0 Å². The summed E-state index contributed by atoms with van der Waals surface area (Å²) in [5, 5.41) is 15.1. The molecule has 0 aromatic heterocycles. The largest absolute Gasteiger partial charge is 0.482 e. The van der Waals surface area contributed by atoms with E-state index in [4.69, 9.17) is 9.84 Å². The van der Waals surface area contributed by atoms with Crippen molar-refractivity contribution in [3.63, 3.8) is 0 Å². The number of rotatable bonds is 7. The molecule has 1 amide bonds. The second kappa shape index (κ2) is 7.26. The molecule has 1 heterocycles. The molecule has 0 saturated carbocycles. The molecule has 1 unspecified atom stereocenters. The zero-order valence-corrected chi connectivity index (χ0v) is 11.8. The Morgan fingerprint density at radius 1 is 1.50 bits per heavy atom. The number of aliphatic hydroxyl groups excluding tert-OH is 1. The van der Waals surface area contributed by atoms with E-state index in [1.54, 1.807) is 0 Å². The minimum Gasteiger partial charge on any atom is -0.482 e. The number of carbonyl (C=O) groups is 1. The van der Waals surface area contributed by atoms with Gasteiger partial charge in [-0.2, -0.15) is 0 Å². The first kappa shape index (κ1) is 14.8. The van der Waals surface area contributed by atoms with Crippen LogP contribution in [0.1, 0.15) is 25.3 Å². The standard InChI is InChI=1S/C15H22N2O3/c1-11(9-18)3-2-6-16-8-12-4-5-14-13(7-12)17-15(19)10-20-14/h4-5,7,11,16,18H,2-3,6,8-10H2,1H3,(H,17,19). The third kappa shape index (κ3) is 4.21. The van der Waals surface area contributed by atoms with E-state index in [1.807, 2.05) is 25.1 Å². The van der Waals surface area contributed by atoms with Gasteiger partial charge < -0.3 is 20.5 Å². The van der Waals surface area contributed by atoms with Crippen molar-refractivity contribution in [1.82, 2.24) is 5.32 Å². The molecule has 0 spiro atoms. The highest BCUT2D eigenvalue weighted by atomic mass is 16.5. The van der Waals surface area contributed by atoms with Gasteiger partial charge in [0.05, 0.1) is 5.69 Å². The Morgan fingerprint density at radius 3 is 3.15 bits per heavy atom. The molecule has 20 heavy (non-hydrogen) atoms. The number of benzene rings is 1. The van der Waals surface area contributed by atoms with Crippen molar-refractivity contribution in [1.29, 1.82) is 0 Å². The Balaban J connectivity index is 1.76. The highest BCUT2D eigenvalue weighted by Gasteiger charge is 2.15. The molecule has 0 radical (unpaired) electrons. The summed E-state index contributed by atoms with van der Waals surface area (Å²) >= 11 is 0. The molecular formula is C15H22N2O3. The molecule has 0 fully saturated rings. The van der Waals surface area contributed by atoms with Crippen LogP contribution in [0.3, 0.4) is 0 Å². The predicted octanol–water partition coefficient (Wildman–Crippen LogP) is 1.52. The van der Waals surface area contributed by atoms with Gasteiger partial charge in [0.25, 0.3) is 5.91 Å². The zero-order valence-electron chi connectivity index (χ0n) is 11.8. The fraction of sp³-hybridized carbons (Fsp3) is 0.533. The van der Waals surface area contributed by atoms with E-state index < -0.39 is 0 Å². The average molecular weight is 278 g/mol.